The van der Waals surface area contributed by atoms with E-state index in [9.17, 15) is 17.8 Å². The number of hydrogen-bond donors (Lipinski definition) is 1. The Bertz CT molecular complexity index is 597. The van der Waals surface area contributed by atoms with Gasteiger partial charge in [0.15, 0.2) is 0 Å². The Morgan fingerprint density at radius 2 is 1.50 bits per heavy atom. The molecule has 0 radical (unpaired) electrons. The van der Waals surface area contributed by atoms with E-state index in [1.807, 2.05) is 0 Å². The molecule has 0 aliphatic heterocycles. The van der Waals surface area contributed by atoms with Crippen molar-refractivity contribution < 1.29 is 17.8 Å². The van der Waals surface area contributed by atoms with Crippen LogP contribution in [0.1, 0.15) is 12.0 Å². The maximum atomic E-state index is 12.8. The van der Waals surface area contributed by atoms with Crippen molar-refractivity contribution in [2.45, 2.75) is 12.2 Å². The van der Waals surface area contributed by atoms with Crippen LogP contribution in [0, 0.1) is 11.6 Å². The lowest BCUT2D eigenvalue weighted by Crippen LogP contribution is -2.15. The van der Waals surface area contributed by atoms with Gasteiger partial charge in [-0.2, -0.15) is 0 Å². The Balaban J connectivity index is 1.76. The highest BCUT2D eigenvalue weighted by molar-refractivity contribution is 7.84. The SMILES string of the molecule is O=C(CCS(=O)Cc1ccc(F)cc1)Nc1ccc(F)cc1. The lowest BCUT2D eigenvalue weighted by atomic mass is 10.2. The second-order valence-corrected chi connectivity index (χ2v) is 6.30. The monoisotopic (exact) mass is 323 g/mol. The molecule has 1 N–H and O–H groups in total. The Hall–Kier alpha value is -2.08. The molecule has 3 nitrogen and oxygen atoms in total. The Morgan fingerprint density at radius 1 is 0.955 bits per heavy atom. The van der Waals surface area contributed by atoms with Crippen molar-refractivity contribution in [3.63, 3.8) is 0 Å². The average Bonchev–Trinajstić information content (AvgIpc) is 2.50. The number of hydrogen-bond acceptors (Lipinski definition) is 2. The molecule has 1 unspecified atom stereocenters. The van der Waals surface area contributed by atoms with E-state index < -0.39 is 10.8 Å². The molecule has 22 heavy (non-hydrogen) atoms. The predicted molar refractivity (Wildman–Crippen MR) is 82.8 cm³/mol. The van der Waals surface area contributed by atoms with Crippen LogP contribution in [0.5, 0.6) is 0 Å². The lowest BCUT2D eigenvalue weighted by Gasteiger charge is -2.05. The van der Waals surface area contributed by atoms with Crippen LogP contribution in [0.4, 0.5) is 14.5 Å². The zero-order valence-electron chi connectivity index (χ0n) is 11.7. The highest BCUT2D eigenvalue weighted by atomic mass is 32.2. The number of amides is 1. The number of nitrogens with one attached hydrogen (secondary N) is 1. The van der Waals surface area contributed by atoms with Gasteiger partial charge in [0.25, 0.3) is 0 Å². The first-order chi connectivity index (χ1) is 10.5. The van der Waals surface area contributed by atoms with Gasteiger partial charge in [0.1, 0.15) is 11.6 Å². The topological polar surface area (TPSA) is 46.2 Å². The van der Waals surface area contributed by atoms with Crippen LogP contribution < -0.4 is 5.32 Å². The van der Waals surface area contributed by atoms with Gasteiger partial charge in [-0.05, 0) is 42.0 Å². The number of anilines is 1. The molecule has 0 heterocycles. The smallest absolute Gasteiger partial charge is 0.225 e. The number of benzene rings is 2. The van der Waals surface area contributed by atoms with Crippen LogP contribution in [0.3, 0.4) is 0 Å². The van der Waals surface area contributed by atoms with Gasteiger partial charge in [-0.15, -0.1) is 0 Å². The maximum absolute atomic E-state index is 12.8. The van der Waals surface area contributed by atoms with Crippen molar-refractivity contribution in [2.24, 2.45) is 0 Å². The Morgan fingerprint density at radius 3 is 2.09 bits per heavy atom. The summed E-state index contributed by atoms with van der Waals surface area (Å²) in [4.78, 5) is 11.7. The summed E-state index contributed by atoms with van der Waals surface area (Å²) in [5.74, 6) is -0.500. The molecular weight excluding hydrogens is 308 g/mol. The summed E-state index contributed by atoms with van der Waals surface area (Å²) in [6, 6.07) is 11.2. The van der Waals surface area contributed by atoms with Crippen LogP contribution in [0.15, 0.2) is 48.5 Å². The van der Waals surface area contributed by atoms with E-state index in [0.29, 0.717) is 5.69 Å². The van der Waals surface area contributed by atoms with Crippen molar-refractivity contribution in [3.8, 4) is 0 Å². The van der Waals surface area contributed by atoms with Crippen molar-refractivity contribution in [3.05, 3.63) is 65.7 Å². The van der Waals surface area contributed by atoms with Crippen LogP contribution in [-0.4, -0.2) is 15.9 Å². The van der Waals surface area contributed by atoms with Crippen LogP contribution in [0.25, 0.3) is 0 Å². The van der Waals surface area contributed by atoms with Gasteiger partial charge in [0.2, 0.25) is 5.91 Å². The summed E-state index contributed by atoms with van der Waals surface area (Å²) in [6.45, 7) is 0. The highest BCUT2D eigenvalue weighted by Gasteiger charge is 2.07. The fraction of sp³-hybridized carbons (Fsp3) is 0.188. The van der Waals surface area contributed by atoms with Crippen molar-refractivity contribution >= 4 is 22.4 Å². The predicted octanol–water partition coefficient (Wildman–Crippen LogP) is 3.24. The molecule has 1 amide bonds. The second kappa shape index (κ2) is 7.79. The zero-order chi connectivity index (χ0) is 15.9. The first kappa shape index (κ1) is 16.3. The van der Waals surface area contributed by atoms with Gasteiger partial charge in [-0.25, -0.2) is 8.78 Å². The van der Waals surface area contributed by atoms with E-state index in [0.717, 1.165) is 5.56 Å². The molecule has 0 bridgehead atoms. The van der Waals surface area contributed by atoms with E-state index in [1.54, 1.807) is 12.1 Å². The van der Waals surface area contributed by atoms with E-state index in [1.165, 1.54) is 36.4 Å². The molecule has 0 saturated carbocycles. The fourth-order valence-electron chi connectivity index (χ4n) is 1.80. The normalized spacial score (nSPS) is 11.9. The van der Waals surface area contributed by atoms with Gasteiger partial charge >= 0.3 is 0 Å². The largest absolute Gasteiger partial charge is 0.326 e. The molecule has 6 heteroatoms. The third kappa shape index (κ3) is 5.37. The standard InChI is InChI=1S/C16H15F2NO2S/c17-13-3-1-12(2-4-13)11-22(21)10-9-16(20)19-15-7-5-14(18)6-8-15/h1-8H,9-11H2,(H,19,20). The van der Waals surface area contributed by atoms with E-state index in [-0.39, 0.29) is 35.5 Å². The molecule has 0 saturated heterocycles. The molecule has 0 aromatic heterocycles. The molecule has 0 fully saturated rings. The number of carbonyl (C=O) groups excluding carboxylic acids is 1. The maximum Gasteiger partial charge on any atom is 0.225 e. The third-order valence-electron chi connectivity index (χ3n) is 2.93. The van der Waals surface area contributed by atoms with Gasteiger partial charge in [0, 0.05) is 34.4 Å². The molecule has 116 valence electrons. The molecule has 0 aliphatic rings. The summed E-state index contributed by atoms with van der Waals surface area (Å²) in [5.41, 5.74) is 1.26. The lowest BCUT2D eigenvalue weighted by molar-refractivity contribution is -0.115. The summed E-state index contributed by atoms with van der Waals surface area (Å²) in [6.07, 6.45) is 0.102. The molecule has 2 aromatic carbocycles. The minimum absolute atomic E-state index is 0.102. The molecule has 0 spiro atoms. The summed E-state index contributed by atoms with van der Waals surface area (Å²) in [7, 11) is -1.20. The molecular formula is C16H15F2NO2S. The first-order valence-electron chi connectivity index (χ1n) is 6.68. The van der Waals surface area contributed by atoms with E-state index in [4.69, 9.17) is 0 Å². The number of halogens is 2. The zero-order valence-corrected chi connectivity index (χ0v) is 12.5. The minimum atomic E-state index is -1.20. The third-order valence-corrected chi connectivity index (χ3v) is 4.24. The molecule has 0 aliphatic carbocycles. The minimum Gasteiger partial charge on any atom is -0.326 e. The number of rotatable bonds is 6. The summed E-state index contributed by atoms with van der Waals surface area (Å²) < 4.78 is 37.4. The van der Waals surface area contributed by atoms with E-state index in [2.05, 4.69) is 5.32 Å². The number of carbonyl (C=O) groups is 1. The van der Waals surface area contributed by atoms with Crippen LogP contribution >= 0.6 is 0 Å². The fourth-order valence-corrected chi connectivity index (χ4v) is 2.92. The second-order valence-electron chi connectivity index (χ2n) is 4.72. The summed E-state index contributed by atoms with van der Waals surface area (Å²) >= 11 is 0. The van der Waals surface area contributed by atoms with E-state index >= 15 is 0 Å². The summed E-state index contributed by atoms with van der Waals surface area (Å²) in [5, 5.41) is 2.61. The quantitative estimate of drug-likeness (QED) is 0.887. The molecule has 2 aromatic rings. The first-order valence-corrected chi connectivity index (χ1v) is 8.16. The molecule has 1 atom stereocenters. The van der Waals surface area contributed by atoms with Crippen LogP contribution in [0.2, 0.25) is 0 Å². The van der Waals surface area contributed by atoms with Crippen LogP contribution in [-0.2, 0) is 21.3 Å². The van der Waals surface area contributed by atoms with Gasteiger partial charge in [0.05, 0.1) is 0 Å². The highest BCUT2D eigenvalue weighted by Crippen LogP contribution is 2.10. The van der Waals surface area contributed by atoms with Gasteiger partial charge in [-0.1, -0.05) is 12.1 Å². The van der Waals surface area contributed by atoms with Gasteiger partial charge < -0.3 is 5.32 Å². The Labute approximate surface area is 129 Å². The van der Waals surface area contributed by atoms with Gasteiger partial charge in [-0.3, -0.25) is 9.00 Å². The van der Waals surface area contributed by atoms with Crippen molar-refractivity contribution in [1.29, 1.82) is 0 Å². The van der Waals surface area contributed by atoms with Crippen molar-refractivity contribution in [1.82, 2.24) is 0 Å². The molecule has 2 rings (SSSR count). The average molecular weight is 323 g/mol. The van der Waals surface area contributed by atoms with Crippen molar-refractivity contribution in [2.75, 3.05) is 11.1 Å². The Kier molecular flexibility index (Phi) is 5.77.